The SMILES string of the molecule is Clc1cc(I)ccc1NCCc1ccsc1. The second kappa shape index (κ2) is 5.89. The Kier molecular flexibility index (Phi) is 4.49. The number of halogens is 2. The average Bonchev–Trinajstić information content (AvgIpc) is 2.74. The summed E-state index contributed by atoms with van der Waals surface area (Å²) >= 11 is 10.1. The monoisotopic (exact) mass is 363 g/mol. The summed E-state index contributed by atoms with van der Waals surface area (Å²) in [6.45, 7) is 0.914. The summed E-state index contributed by atoms with van der Waals surface area (Å²) in [4.78, 5) is 0. The van der Waals surface area contributed by atoms with Crippen LogP contribution in [0.15, 0.2) is 35.0 Å². The van der Waals surface area contributed by atoms with Gasteiger partial charge in [0, 0.05) is 10.1 Å². The number of nitrogens with one attached hydrogen (secondary N) is 1. The number of hydrogen-bond donors (Lipinski definition) is 1. The molecule has 1 aromatic heterocycles. The number of rotatable bonds is 4. The van der Waals surface area contributed by atoms with E-state index in [1.165, 1.54) is 5.56 Å². The summed E-state index contributed by atoms with van der Waals surface area (Å²) in [6.07, 6.45) is 1.03. The van der Waals surface area contributed by atoms with Crippen LogP contribution in [0.5, 0.6) is 0 Å². The molecule has 0 unspecified atom stereocenters. The van der Waals surface area contributed by atoms with E-state index >= 15 is 0 Å². The highest BCUT2D eigenvalue weighted by Gasteiger charge is 2.00. The van der Waals surface area contributed by atoms with E-state index < -0.39 is 0 Å². The maximum Gasteiger partial charge on any atom is 0.0648 e. The van der Waals surface area contributed by atoms with Crippen molar-refractivity contribution in [2.45, 2.75) is 6.42 Å². The third-order valence-electron chi connectivity index (χ3n) is 2.24. The summed E-state index contributed by atoms with van der Waals surface area (Å²) in [5, 5.41) is 8.42. The third-order valence-corrected chi connectivity index (χ3v) is 3.96. The van der Waals surface area contributed by atoms with E-state index in [2.05, 4.69) is 50.8 Å². The van der Waals surface area contributed by atoms with E-state index in [9.17, 15) is 0 Å². The second-order valence-corrected chi connectivity index (χ2v) is 5.87. The van der Waals surface area contributed by atoms with Crippen molar-refractivity contribution in [3.05, 3.63) is 49.2 Å². The molecule has 0 fully saturated rings. The first-order valence-electron chi connectivity index (χ1n) is 4.96. The van der Waals surface area contributed by atoms with Crippen molar-refractivity contribution < 1.29 is 0 Å². The summed E-state index contributed by atoms with van der Waals surface area (Å²) in [5.74, 6) is 0. The quantitative estimate of drug-likeness (QED) is 0.779. The Bertz CT molecular complexity index is 456. The van der Waals surface area contributed by atoms with E-state index in [0.717, 1.165) is 27.2 Å². The zero-order chi connectivity index (χ0) is 11.4. The lowest BCUT2D eigenvalue weighted by atomic mass is 10.2. The van der Waals surface area contributed by atoms with E-state index in [1.807, 2.05) is 12.1 Å². The van der Waals surface area contributed by atoms with Crippen LogP contribution < -0.4 is 5.32 Å². The van der Waals surface area contributed by atoms with Crippen LogP contribution in [0.3, 0.4) is 0 Å². The van der Waals surface area contributed by atoms with Crippen molar-refractivity contribution in [1.29, 1.82) is 0 Å². The molecule has 1 nitrogen and oxygen atoms in total. The normalized spacial score (nSPS) is 10.4. The van der Waals surface area contributed by atoms with Crippen LogP contribution in [-0.2, 0) is 6.42 Å². The smallest absolute Gasteiger partial charge is 0.0648 e. The maximum absolute atomic E-state index is 6.12. The maximum atomic E-state index is 6.12. The largest absolute Gasteiger partial charge is 0.384 e. The number of hydrogen-bond acceptors (Lipinski definition) is 2. The molecule has 0 saturated carbocycles. The number of anilines is 1. The van der Waals surface area contributed by atoms with Crippen molar-refractivity contribution in [2.75, 3.05) is 11.9 Å². The van der Waals surface area contributed by atoms with Crippen molar-refractivity contribution in [2.24, 2.45) is 0 Å². The highest BCUT2D eigenvalue weighted by molar-refractivity contribution is 14.1. The first-order chi connectivity index (χ1) is 7.75. The van der Waals surface area contributed by atoms with Crippen molar-refractivity contribution in [3.8, 4) is 0 Å². The molecule has 2 rings (SSSR count). The molecule has 0 radical (unpaired) electrons. The van der Waals surface area contributed by atoms with Gasteiger partial charge in [0.15, 0.2) is 0 Å². The van der Waals surface area contributed by atoms with Gasteiger partial charge in [-0.15, -0.1) is 0 Å². The Hall–Kier alpha value is -0.260. The summed E-state index contributed by atoms with van der Waals surface area (Å²) in [7, 11) is 0. The van der Waals surface area contributed by atoms with E-state index in [-0.39, 0.29) is 0 Å². The van der Waals surface area contributed by atoms with E-state index in [4.69, 9.17) is 11.6 Å². The minimum atomic E-state index is 0.789. The van der Waals surface area contributed by atoms with Crippen LogP contribution in [0.4, 0.5) is 5.69 Å². The zero-order valence-corrected chi connectivity index (χ0v) is 12.3. The molecule has 1 N–H and O–H groups in total. The minimum absolute atomic E-state index is 0.789. The van der Waals surface area contributed by atoms with Gasteiger partial charge in [0.05, 0.1) is 10.7 Å². The molecule has 2 aromatic rings. The molecule has 0 aliphatic rings. The molecule has 0 spiro atoms. The first-order valence-corrected chi connectivity index (χ1v) is 7.35. The predicted molar refractivity (Wildman–Crippen MR) is 80.7 cm³/mol. The fraction of sp³-hybridized carbons (Fsp3) is 0.167. The van der Waals surface area contributed by atoms with Gasteiger partial charge in [-0.05, 0) is 69.6 Å². The van der Waals surface area contributed by atoms with E-state index in [1.54, 1.807) is 11.3 Å². The first kappa shape index (κ1) is 12.2. The molecule has 0 bridgehead atoms. The average molecular weight is 364 g/mol. The Balaban J connectivity index is 1.90. The Morgan fingerprint density at radius 2 is 2.19 bits per heavy atom. The highest BCUT2D eigenvalue weighted by Crippen LogP contribution is 2.23. The van der Waals surface area contributed by atoms with Crippen LogP contribution in [0.25, 0.3) is 0 Å². The Morgan fingerprint density at radius 3 is 2.88 bits per heavy atom. The minimum Gasteiger partial charge on any atom is -0.384 e. The fourth-order valence-corrected chi connectivity index (χ4v) is 3.04. The van der Waals surface area contributed by atoms with Crippen LogP contribution in [0.2, 0.25) is 5.02 Å². The number of thiophene rings is 1. The molecule has 1 heterocycles. The topological polar surface area (TPSA) is 12.0 Å². The third kappa shape index (κ3) is 3.37. The van der Waals surface area contributed by atoms with Crippen LogP contribution in [0.1, 0.15) is 5.56 Å². The van der Waals surface area contributed by atoms with Gasteiger partial charge in [-0.25, -0.2) is 0 Å². The zero-order valence-electron chi connectivity index (χ0n) is 8.54. The standard InChI is InChI=1S/C12H11ClINS/c13-11-7-10(14)1-2-12(11)15-5-3-9-4-6-16-8-9/h1-2,4,6-8,15H,3,5H2. The van der Waals surface area contributed by atoms with Crippen molar-refractivity contribution in [1.82, 2.24) is 0 Å². The summed E-state index contributed by atoms with van der Waals surface area (Å²) < 4.78 is 1.16. The lowest BCUT2D eigenvalue weighted by Crippen LogP contribution is -2.04. The van der Waals surface area contributed by atoms with Crippen molar-refractivity contribution >= 4 is 51.2 Å². The molecule has 16 heavy (non-hydrogen) atoms. The number of benzene rings is 1. The lowest BCUT2D eigenvalue weighted by Gasteiger charge is -2.07. The van der Waals surface area contributed by atoms with Gasteiger partial charge < -0.3 is 5.32 Å². The van der Waals surface area contributed by atoms with Gasteiger partial charge in [-0.3, -0.25) is 0 Å². The molecule has 0 aliphatic carbocycles. The molecule has 0 atom stereocenters. The molecule has 0 aliphatic heterocycles. The summed E-state index contributed by atoms with van der Waals surface area (Å²) in [6, 6.07) is 8.20. The van der Waals surface area contributed by atoms with Gasteiger partial charge in [-0.1, -0.05) is 11.6 Å². The second-order valence-electron chi connectivity index (χ2n) is 3.43. The fourth-order valence-electron chi connectivity index (χ4n) is 1.41. The van der Waals surface area contributed by atoms with Gasteiger partial charge in [-0.2, -0.15) is 11.3 Å². The van der Waals surface area contributed by atoms with Gasteiger partial charge in [0.25, 0.3) is 0 Å². The van der Waals surface area contributed by atoms with Crippen LogP contribution >= 0.6 is 45.5 Å². The molecular formula is C12H11ClINS. The summed E-state index contributed by atoms with van der Waals surface area (Å²) in [5.41, 5.74) is 2.39. The molecule has 1 aromatic carbocycles. The van der Waals surface area contributed by atoms with Gasteiger partial charge in [0.1, 0.15) is 0 Å². The Labute approximate surface area is 118 Å². The van der Waals surface area contributed by atoms with E-state index in [0.29, 0.717) is 0 Å². The van der Waals surface area contributed by atoms with Crippen molar-refractivity contribution in [3.63, 3.8) is 0 Å². The Morgan fingerprint density at radius 1 is 1.31 bits per heavy atom. The highest BCUT2D eigenvalue weighted by atomic mass is 127. The van der Waals surface area contributed by atoms with Gasteiger partial charge >= 0.3 is 0 Å². The van der Waals surface area contributed by atoms with Gasteiger partial charge in [0.2, 0.25) is 0 Å². The molecule has 0 saturated heterocycles. The molecule has 4 heteroatoms. The van der Waals surface area contributed by atoms with Crippen LogP contribution in [-0.4, -0.2) is 6.54 Å². The molecular weight excluding hydrogens is 353 g/mol. The van der Waals surface area contributed by atoms with Crippen LogP contribution in [0, 0.1) is 3.57 Å². The predicted octanol–water partition coefficient (Wildman–Crippen LogP) is 4.66. The lowest BCUT2D eigenvalue weighted by molar-refractivity contribution is 1.03. The molecule has 0 amide bonds. The molecule has 84 valence electrons.